The summed E-state index contributed by atoms with van der Waals surface area (Å²) in [4.78, 5) is 22.0. The number of rotatable bonds is 4. The summed E-state index contributed by atoms with van der Waals surface area (Å²) in [5.41, 5.74) is 0.988. The number of ether oxygens (including phenoxy) is 1. The number of aliphatic carboxylic acids is 1. The molecule has 0 amide bonds. The van der Waals surface area contributed by atoms with E-state index in [4.69, 9.17) is 16.7 Å². The highest BCUT2D eigenvalue weighted by molar-refractivity contribution is 6.29. The minimum Gasteiger partial charge on any atom is -0.477 e. The fourth-order valence-corrected chi connectivity index (χ4v) is 1.08. The molecule has 0 bridgehead atoms. The van der Waals surface area contributed by atoms with E-state index < -0.39 is 17.5 Å². The van der Waals surface area contributed by atoms with Crippen LogP contribution in [0.15, 0.2) is 33.9 Å². The summed E-state index contributed by atoms with van der Waals surface area (Å²) in [5, 5.41) is 9.44. The normalized spacial score (nSPS) is 14.2. The Kier molecular flexibility index (Phi) is 6.28. The van der Waals surface area contributed by atoms with Gasteiger partial charge in [-0.1, -0.05) is 17.7 Å². The molecule has 0 heterocycles. The van der Waals surface area contributed by atoms with E-state index in [0.717, 1.165) is 12.7 Å². The Balaban J connectivity index is 5.29. The number of methoxy groups -OCH3 is 1. The monoisotopic (exact) mass is 258 g/mol. The second kappa shape index (κ2) is 6.91. The van der Waals surface area contributed by atoms with Gasteiger partial charge in [0, 0.05) is 5.03 Å². The molecule has 1 N–H and O–H groups in total. The van der Waals surface area contributed by atoms with Crippen LogP contribution in [0.2, 0.25) is 0 Å². The molecule has 17 heavy (non-hydrogen) atoms. The molecule has 0 unspecified atom stereocenters. The van der Waals surface area contributed by atoms with Crippen LogP contribution in [0.3, 0.4) is 0 Å². The van der Waals surface area contributed by atoms with Crippen molar-refractivity contribution in [2.75, 3.05) is 7.11 Å². The summed E-state index contributed by atoms with van der Waals surface area (Å²) < 4.78 is 4.37. The van der Waals surface area contributed by atoms with Gasteiger partial charge in [-0.2, -0.15) is 0 Å². The first-order chi connectivity index (χ1) is 7.79. The second-order valence-electron chi connectivity index (χ2n) is 3.46. The van der Waals surface area contributed by atoms with Gasteiger partial charge in [0.1, 0.15) is 5.57 Å². The third kappa shape index (κ3) is 5.36. The van der Waals surface area contributed by atoms with Crippen LogP contribution < -0.4 is 0 Å². The molecular formula is C12H15ClO4. The van der Waals surface area contributed by atoms with E-state index >= 15 is 0 Å². The van der Waals surface area contributed by atoms with Crippen molar-refractivity contribution in [1.82, 2.24) is 0 Å². The molecule has 5 heteroatoms. The second-order valence-corrected chi connectivity index (χ2v) is 4.03. The summed E-state index contributed by atoms with van der Waals surface area (Å²) in [6.45, 7) is 5.19. The summed E-state index contributed by atoms with van der Waals surface area (Å²) in [7, 11) is 1.13. The zero-order valence-corrected chi connectivity index (χ0v) is 11.0. The Morgan fingerprint density at radius 1 is 1.18 bits per heavy atom. The van der Waals surface area contributed by atoms with Gasteiger partial charge in [0.15, 0.2) is 0 Å². The first-order valence-corrected chi connectivity index (χ1v) is 5.22. The maximum atomic E-state index is 11.2. The van der Waals surface area contributed by atoms with Crippen LogP contribution in [-0.2, 0) is 14.3 Å². The predicted octanol–water partition coefficient (Wildman–Crippen LogP) is 2.65. The van der Waals surface area contributed by atoms with Crippen molar-refractivity contribution in [2.24, 2.45) is 0 Å². The zero-order valence-electron chi connectivity index (χ0n) is 10.2. The number of allylic oxidation sites excluding steroid dienone is 5. The molecule has 0 saturated carbocycles. The molecule has 0 aliphatic carbocycles. The lowest BCUT2D eigenvalue weighted by molar-refractivity contribution is -0.142. The Labute approximate surface area is 105 Å². The van der Waals surface area contributed by atoms with Crippen LogP contribution in [0.1, 0.15) is 20.8 Å². The fraction of sp³-hybridized carbons (Fsp3) is 0.333. The first kappa shape index (κ1) is 15.4. The number of carboxylic acid groups (broad SMARTS) is 1. The van der Waals surface area contributed by atoms with Crippen LogP contribution >= 0.6 is 11.6 Å². The number of hydrogen-bond acceptors (Lipinski definition) is 3. The van der Waals surface area contributed by atoms with E-state index in [0.29, 0.717) is 10.6 Å². The number of carbonyl (C=O) groups is 2. The lowest BCUT2D eigenvalue weighted by atomic mass is 10.1. The molecule has 0 atom stereocenters. The molecule has 0 saturated heterocycles. The van der Waals surface area contributed by atoms with Crippen molar-refractivity contribution in [3.63, 3.8) is 0 Å². The lowest BCUT2D eigenvalue weighted by Crippen LogP contribution is -2.13. The van der Waals surface area contributed by atoms with Gasteiger partial charge in [0.05, 0.1) is 7.11 Å². The van der Waals surface area contributed by atoms with E-state index in [1.54, 1.807) is 26.8 Å². The highest BCUT2D eigenvalue weighted by Crippen LogP contribution is 2.13. The summed E-state index contributed by atoms with van der Waals surface area (Å²) in [6, 6.07) is 0. The Morgan fingerprint density at radius 3 is 2.06 bits per heavy atom. The number of esters is 1. The summed E-state index contributed by atoms with van der Waals surface area (Å²) in [6.07, 6.45) is 2.94. The third-order valence-electron chi connectivity index (χ3n) is 2.00. The van der Waals surface area contributed by atoms with Crippen molar-refractivity contribution < 1.29 is 19.4 Å². The lowest BCUT2D eigenvalue weighted by Gasteiger charge is -2.01. The molecule has 0 rings (SSSR count). The maximum absolute atomic E-state index is 11.2. The van der Waals surface area contributed by atoms with Crippen molar-refractivity contribution >= 4 is 23.5 Å². The quantitative estimate of drug-likeness (QED) is 0.277. The molecule has 0 radical (unpaired) electrons. The van der Waals surface area contributed by atoms with Crippen LogP contribution in [-0.4, -0.2) is 24.2 Å². The molecule has 0 aromatic rings. The highest BCUT2D eigenvalue weighted by atomic mass is 35.5. The van der Waals surface area contributed by atoms with Crippen LogP contribution in [0, 0.1) is 0 Å². The average molecular weight is 259 g/mol. The third-order valence-corrected chi connectivity index (χ3v) is 2.29. The number of halogens is 1. The molecule has 0 aliphatic rings. The van der Waals surface area contributed by atoms with Gasteiger partial charge in [0.25, 0.3) is 0 Å². The highest BCUT2D eigenvalue weighted by Gasteiger charge is 2.17. The molecule has 4 nitrogen and oxygen atoms in total. The van der Waals surface area contributed by atoms with Gasteiger partial charge in [-0.05, 0) is 38.0 Å². The van der Waals surface area contributed by atoms with Gasteiger partial charge in [-0.25, -0.2) is 9.59 Å². The smallest absolute Gasteiger partial charge is 0.345 e. The molecule has 0 fully saturated rings. The largest absolute Gasteiger partial charge is 0.477 e. The van der Waals surface area contributed by atoms with Crippen LogP contribution in [0.5, 0.6) is 0 Å². The van der Waals surface area contributed by atoms with E-state index in [1.165, 1.54) is 6.08 Å². The minimum atomic E-state index is -1.33. The minimum absolute atomic E-state index is 0.415. The van der Waals surface area contributed by atoms with Crippen LogP contribution in [0.4, 0.5) is 0 Å². The standard InChI is InChI=1S/C12H15ClO4/c1-7(5-8(2)9(3)13)6-10(11(14)15)12(16)17-4/h5-6H,1-4H3,(H,14,15)/b7-5+,9-8-,10-6+. The SMILES string of the molecule is COC(=O)/C(=C/C(C)=C/C(C)=C(/C)Cl)C(=O)O. The van der Waals surface area contributed by atoms with E-state index in [-0.39, 0.29) is 0 Å². The Bertz CT molecular complexity index is 412. The predicted molar refractivity (Wildman–Crippen MR) is 65.7 cm³/mol. The maximum Gasteiger partial charge on any atom is 0.345 e. The van der Waals surface area contributed by atoms with Gasteiger partial charge < -0.3 is 9.84 Å². The fourth-order valence-electron chi connectivity index (χ4n) is 1.03. The van der Waals surface area contributed by atoms with Gasteiger partial charge >= 0.3 is 11.9 Å². The van der Waals surface area contributed by atoms with Crippen molar-refractivity contribution in [1.29, 1.82) is 0 Å². The molecule has 0 aromatic carbocycles. The summed E-state index contributed by atoms with van der Waals surface area (Å²) in [5.74, 6) is -2.21. The van der Waals surface area contributed by atoms with Crippen molar-refractivity contribution in [3.05, 3.63) is 33.9 Å². The number of carboxylic acids is 1. The zero-order chi connectivity index (χ0) is 13.6. The number of hydrogen-bond donors (Lipinski definition) is 1. The Hall–Kier alpha value is -1.55. The topological polar surface area (TPSA) is 63.6 Å². The molecular weight excluding hydrogens is 244 g/mol. The van der Waals surface area contributed by atoms with Crippen molar-refractivity contribution in [3.8, 4) is 0 Å². The van der Waals surface area contributed by atoms with Gasteiger partial charge in [-0.15, -0.1) is 0 Å². The Morgan fingerprint density at radius 2 is 1.71 bits per heavy atom. The van der Waals surface area contributed by atoms with Gasteiger partial charge in [0.2, 0.25) is 0 Å². The van der Waals surface area contributed by atoms with Crippen LogP contribution in [0.25, 0.3) is 0 Å². The van der Waals surface area contributed by atoms with E-state index in [1.807, 2.05) is 0 Å². The van der Waals surface area contributed by atoms with Gasteiger partial charge in [-0.3, -0.25) is 0 Å². The molecule has 94 valence electrons. The van der Waals surface area contributed by atoms with E-state index in [9.17, 15) is 9.59 Å². The molecule has 0 aliphatic heterocycles. The van der Waals surface area contributed by atoms with Crippen molar-refractivity contribution in [2.45, 2.75) is 20.8 Å². The average Bonchev–Trinajstić information content (AvgIpc) is 2.24. The summed E-state index contributed by atoms with van der Waals surface area (Å²) >= 11 is 5.77. The molecule has 0 aromatic heterocycles. The first-order valence-electron chi connectivity index (χ1n) is 4.84. The van der Waals surface area contributed by atoms with E-state index in [2.05, 4.69) is 4.74 Å². The molecule has 0 spiro atoms. The number of carbonyl (C=O) groups excluding carboxylic acids is 1.